The minimum Gasteiger partial charge on any atom is -0.457 e. The van der Waals surface area contributed by atoms with E-state index in [2.05, 4.69) is 11.4 Å². The smallest absolute Gasteiger partial charge is 0.374 e. The normalized spacial score (nSPS) is 14.7. The van der Waals surface area contributed by atoms with Gasteiger partial charge in [0.15, 0.2) is 6.10 Å². The van der Waals surface area contributed by atoms with Gasteiger partial charge in [0.1, 0.15) is 11.1 Å². The number of furan rings is 1. The monoisotopic (exact) mass is 358 g/mol. The number of rotatable bonds is 4. The predicted octanol–water partition coefficient (Wildman–Crippen LogP) is 3.67. The molecule has 0 saturated heterocycles. The van der Waals surface area contributed by atoms with E-state index in [9.17, 15) is 14.9 Å². The van der Waals surface area contributed by atoms with Gasteiger partial charge in [-0.25, -0.2) is 4.79 Å². The number of hydrogen-bond donors (Lipinski definition) is 1. The van der Waals surface area contributed by atoms with Crippen LogP contribution in [-0.2, 0) is 22.4 Å². The molecule has 7 heteroatoms. The fraction of sp³-hybridized carbons (Fsp3) is 0.389. The number of fused-ring (bicyclic) bond motifs is 1. The molecule has 1 unspecified atom stereocenters. The van der Waals surface area contributed by atoms with Crippen molar-refractivity contribution >= 4 is 28.2 Å². The molecule has 1 amide bonds. The van der Waals surface area contributed by atoms with E-state index < -0.39 is 18.0 Å². The molecule has 3 rings (SSSR count). The van der Waals surface area contributed by atoms with Gasteiger partial charge >= 0.3 is 5.97 Å². The number of amides is 1. The maximum atomic E-state index is 12.3. The summed E-state index contributed by atoms with van der Waals surface area (Å²) in [5, 5.41) is 12.8. The molecule has 1 N–H and O–H groups in total. The second-order valence-electron chi connectivity index (χ2n) is 5.89. The topological polar surface area (TPSA) is 92.3 Å². The summed E-state index contributed by atoms with van der Waals surface area (Å²) in [6, 6.07) is 5.25. The van der Waals surface area contributed by atoms with Crippen LogP contribution in [0.1, 0.15) is 52.7 Å². The van der Waals surface area contributed by atoms with Crippen molar-refractivity contribution < 1.29 is 18.7 Å². The Morgan fingerprint density at radius 1 is 1.36 bits per heavy atom. The molecule has 25 heavy (non-hydrogen) atoms. The van der Waals surface area contributed by atoms with Crippen molar-refractivity contribution in [3.05, 3.63) is 40.2 Å². The quantitative estimate of drug-likeness (QED) is 0.665. The van der Waals surface area contributed by atoms with E-state index in [1.54, 1.807) is 6.07 Å². The standard InChI is InChI=1S/C18H18N2O4S/c1-11(24-18(22)14-7-5-9-23-14)16(21)20-17-13(10-19)12-6-3-2-4-8-15(12)25-17/h5,7,9,11H,2-4,6,8H2,1H3,(H,20,21). The number of nitriles is 1. The summed E-state index contributed by atoms with van der Waals surface area (Å²) in [5.41, 5.74) is 1.60. The van der Waals surface area contributed by atoms with Crippen LogP contribution >= 0.6 is 11.3 Å². The summed E-state index contributed by atoms with van der Waals surface area (Å²) in [5.74, 6) is -1.12. The molecule has 2 heterocycles. The fourth-order valence-electron chi connectivity index (χ4n) is 2.83. The lowest BCUT2D eigenvalue weighted by Gasteiger charge is -2.12. The number of hydrogen-bond acceptors (Lipinski definition) is 6. The number of aryl methyl sites for hydroxylation is 1. The van der Waals surface area contributed by atoms with Crippen LogP contribution in [0.5, 0.6) is 0 Å². The van der Waals surface area contributed by atoms with Crippen LogP contribution < -0.4 is 5.32 Å². The first kappa shape index (κ1) is 17.2. The number of esters is 1. The minimum atomic E-state index is -0.994. The van der Waals surface area contributed by atoms with Crippen molar-refractivity contribution in [3.63, 3.8) is 0 Å². The van der Waals surface area contributed by atoms with Crippen LogP contribution in [0.2, 0.25) is 0 Å². The van der Waals surface area contributed by atoms with E-state index in [0.717, 1.165) is 37.7 Å². The lowest BCUT2D eigenvalue weighted by Crippen LogP contribution is -2.29. The average molecular weight is 358 g/mol. The third-order valence-electron chi connectivity index (χ3n) is 4.15. The zero-order valence-electron chi connectivity index (χ0n) is 13.8. The fourth-order valence-corrected chi connectivity index (χ4v) is 4.07. The molecule has 2 aromatic rings. The molecular weight excluding hydrogens is 340 g/mol. The second-order valence-corrected chi connectivity index (χ2v) is 7.00. The zero-order valence-corrected chi connectivity index (χ0v) is 14.6. The van der Waals surface area contributed by atoms with Crippen molar-refractivity contribution in [3.8, 4) is 6.07 Å². The van der Waals surface area contributed by atoms with Crippen LogP contribution in [0.4, 0.5) is 5.00 Å². The summed E-state index contributed by atoms with van der Waals surface area (Å²) >= 11 is 1.45. The number of anilines is 1. The Balaban J connectivity index is 1.70. The number of ether oxygens (including phenoxy) is 1. The van der Waals surface area contributed by atoms with Gasteiger partial charge in [0.05, 0.1) is 11.8 Å². The second kappa shape index (κ2) is 7.53. The molecule has 0 radical (unpaired) electrons. The Kier molecular flexibility index (Phi) is 5.19. The maximum absolute atomic E-state index is 12.3. The highest BCUT2D eigenvalue weighted by molar-refractivity contribution is 7.16. The van der Waals surface area contributed by atoms with Crippen molar-refractivity contribution in [2.45, 2.75) is 45.1 Å². The van der Waals surface area contributed by atoms with Gasteiger partial charge in [0.25, 0.3) is 5.91 Å². The molecule has 0 aromatic carbocycles. The number of carbonyl (C=O) groups is 2. The predicted molar refractivity (Wildman–Crippen MR) is 92.5 cm³/mol. The van der Waals surface area contributed by atoms with Gasteiger partial charge in [-0.2, -0.15) is 5.26 Å². The Hall–Kier alpha value is -2.59. The van der Waals surface area contributed by atoms with Crippen LogP contribution in [0.3, 0.4) is 0 Å². The van der Waals surface area contributed by atoms with E-state index in [4.69, 9.17) is 9.15 Å². The highest BCUT2D eigenvalue weighted by Crippen LogP contribution is 2.37. The molecule has 1 aliphatic carbocycles. The van der Waals surface area contributed by atoms with Gasteiger partial charge in [0, 0.05) is 4.88 Å². The van der Waals surface area contributed by atoms with Gasteiger partial charge in [-0.1, -0.05) is 6.42 Å². The summed E-state index contributed by atoms with van der Waals surface area (Å²) in [6.45, 7) is 1.49. The van der Waals surface area contributed by atoms with Crippen molar-refractivity contribution in [2.24, 2.45) is 0 Å². The van der Waals surface area contributed by atoms with E-state index in [-0.39, 0.29) is 5.76 Å². The van der Waals surface area contributed by atoms with Crippen molar-refractivity contribution in [2.75, 3.05) is 5.32 Å². The molecule has 6 nitrogen and oxygen atoms in total. The van der Waals surface area contributed by atoms with Gasteiger partial charge in [-0.05, 0) is 50.3 Å². The number of nitrogens with one attached hydrogen (secondary N) is 1. The molecule has 2 aromatic heterocycles. The van der Waals surface area contributed by atoms with E-state index in [1.807, 2.05) is 0 Å². The number of thiophene rings is 1. The van der Waals surface area contributed by atoms with Gasteiger partial charge in [-0.3, -0.25) is 4.79 Å². The summed E-state index contributed by atoms with van der Waals surface area (Å²) < 4.78 is 10.1. The van der Waals surface area contributed by atoms with Gasteiger partial charge in [-0.15, -0.1) is 11.3 Å². The summed E-state index contributed by atoms with van der Waals surface area (Å²) in [7, 11) is 0. The van der Waals surface area contributed by atoms with E-state index in [0.29, 0.717) is 10.6 Å². The molecule has 0 spiro atoms. The highest BCUT2D eigenvalue weighted by Gasteiger charge is 2.25. The Labute approximate surface area is 149 Å². The summed E-state index contributed by atoms with van der Waals surface area (Å²) in [6.07, 6.45) is 5.49. The first-order valence-corrected chi connectivity index (χ1v) is 9.01. The summed E-state index contributed by atoms with van der Waals surface area (Å²) in [4.78, 5) is 25.4. The maximum Gasteiger partial charge on any atom is 0.374 e. The van der Waals surface area contributed by atoms with Crippen molar-refractivity contribution in [1.82, 2.24) is 0 Å². The lowest BCUT2D eigenvalue weighted by molar-refractivity contribution is -0.123. The van der Waals surface area contributed by atoms with Crippen LogP contribution in [-0.4, -0.2) is 18.0 Å². The Morgan fingerprint density at radius 3 is 2.88 bits per heavy atom. The minimum absolute atomic E-state index is 0.0419. The van der Waals surface area contributed by atoms with Gasteiger partial charge in [0.2, 0.25) is 5.76 Å². The lowest BCUT2D eigenvalue weighted by atomic mass is 10.1. The third-order valence-corrected chi connectivity index (χ3v) is 5.35. The van der Waals surface area contributed by atoms with Crippen molar-refractivity contribution in [1.29, 1.82) is 5.26 Å². The Morgan fingerprint density at radius 2 is 2.16 bits per heavy atom. The third kappa shape index (κ3) is 3.74. The average Bonchev–Trinajstić information content (AvgIpc) is 3.18. The highest BCUT2D eigenvalue weighted by atomic mass is 32.1. The molecule has 1 atom stereocenters. The van der Waals surface area contributed by atoms with Crippen LogP contribution in [0, 0.1) is 11.3 Å². The zero-order chi connectivity index (χ0) is 17.8. The van der Waals surface area contributed by atoms with Crippen LogP contribution in [0.25, 0.3) is 0 Å². The first-order chi connectivity index (χ1) is 12.1. The van der Waals surface area contributed by atoms with E-state index >= 15 is 0 Å². The molecule has 1 aliphatic rings. The molecule has 130 valence electrons. The van der Waals surface area contributed by atoms with Gasteiger partial charge < -0.3 is 14.5 Å². The number of nitrogens with zero attached hydrogens (tertiary/aromatic N) is 1. The molecule has 0 fully saturated rings. The Bertz CT molecular complexity index is 817. The SMILES string of the molecule is CC(OC(=O)c1ccco1)C(=O)Nc1sc2c(c1C#N)CCCCC2. The molecule has 0 aliphatic heterocycles. The van der Waals surface area contributed by atoms with Crippen LogP contribution in [0.15, 0.2) is 22.8 Å². The largest absolute Gasteiger partial charge is 0.457 e. The molecular formula is C18H18N2O4S. The van der Waals surface area contributed by atoms with E-state index in [1.165, 1.54) is 35.5 Å². The first-order valence-electron chi connectivity index (χ1n) is 8.20. The molecule has 0 bridgehead atoms. The number of carbonyl (C=O) groups excluding carboxylic acids is 2. The molecule has 0 saturated carbocycles.